The second-order valence-corrected chi connectivity index (χ2v) is 6.51. The number of halogens is 5. The van der Waals surface area contributed by atoms with Gasteiger partial charge in [-0.05, 0) is 36.8 Å². The van der Waals surface area contributed by atoms with Crippen molar-refractivity contribution in [1.82, 2.24) is 0 Å². The van der Waals surface area contributed by atoms with E-state index in [1.807, 2.05) is 5.43 Å². The Bertz CT molecular complexity index is 1210. The van der Waals surface area contributed by atoms with Gasteiger partial charge in [0.2, 0.25) is 5.82 Å². The van der Waals surface area contributed by atoms with Crippen LogP contribution in [0, 0.1) is 40.4 Å². The summed E-state index contributed by atoms with van der Waals surface area (Å²) < 4.78 is 78.4. The number of rotatable bonds is 8. The first-order valence-corrected chi connectivity index (χ1v) is 9.55. The first kappa shape index (κ1) is 23.5. The Kier molecular flexibility index (Phi) is 7.46. The Morgan fingerprint density at radius 2 is 1.58 bits per heavy atom. The normalized spacial score (nSPS) is 10.8. The lowest BCUT2D eigenvalue weighted by molar-refractivity contribution is 0.269. The molecular formula is C23H16F5N3O2. The summed E-state index contributed by atoms with van der Waals surface area (Å²) in [5.41, 5.74) is 2.10. The van der Waals surface area contributed by atoms with Crippen LogP contribution in [0.1, 0.15) is 23.6 Å². The van der Waals surface area contributed by atoms with E-state index in [2.05, 4.69) is 11.2 Å². The summed E-state index contributed by atoms with van der Waals surface area (Å²) in [6.45, 7) is 2.16. The first-order valence-electron chi connectivity index (χ1n) is 9.55. The summed E-state index contributed by atoms with van der Waals surface area (Å²) in [4.78, 5) is 0. The molecular weight excluding hydrogens is 445 g/mol. The minimum Gasteiger partial charge on any atom is -0.490 e. The molecule has 0 aliphatic heterocycles. The van der Waals surface area contributed by atoms with E-state index in [0.29, 0.717) is 34.8 Å². The van der Waals surface area contributed by atoms with Crippen molar-refractivity contribution < 1.29 is 31.4 Å². The fourth-order valence-corrected chi connectivity index (χ4v) is 2.78. The molecule has 3 aromatic rings. The van der Waals surface area contributed by atoms with E-state index in [9.17, 15) is 27.2 Å². The number of nitriles is 1. The predicted molar refractivity (Wildman–Crippen MR) is 111 cm³/mol. The van der Waals surface area contributed by atoms with Gasteiger partial charge in [-0.3, -0.25) is 5.43 Å². The van der Waals surface area contributed by atoms with E-state index >= 15 is 0 Å². The van der Waals surface area contributed by atoms with Crippen molar-refractivity contribution in [2.45, 2.75) is 13.5 Å². The Hall–Kier alpha value is -4.13. The fourth-order valence-electron chi connectivity index (χ4n) is 2.78. The summed E-state index contributed by atoms with van der Waals surface area (Å²) in [5, 5.41) is 12.7. The van der Waals surface area contributed by atoms with Gasteiger partial charge in [-0.2, -0.15) is 10.4 Å². The summed E-state index contributed by atoms with van der Waals surface area (Å²) in [6, 6.07) is 13.6. The van der Waals surface area contributed by atoms with Gasteiger partial charge in [0, 0.05) is 5.56 Å². The van der Waals surface area contributed by atoms with Crippen molar-refractivity contribution in [3.05, 3.63) is 88.2 Å². The Balaban J connectivity index is 1.78. The molecule has 0 saturated carbocycles. The van der Waals surface area contributed by atoms with Crippen LogP contribution in [0.5, 0.6) is 11.5 Å². The number of ether oxygens (including phenoxy) is 2. The van der Waals surface area contributed by atoms with E-state index in [1.165, 1.54) is 12.1 Å². The van der Waals surface area contributed by atoms with Gasteiger partial charge in [-0.1, -0.05) is 18.2 Å². The van der Waals surface area contributed by atoms with Crippen molar-refractivity contribution in [1.29, 1.82) is 5.26 Å². The Labute approximate surface area is 185 Å². The maximum atomic E-state index is 13.7. The molecule has 170 valence electrons. The van der Waals surface area contributed by atoms with Gasteiger partial charge in [-0.25, -0.2) is 22.0 Å². The van der Waals surface area contributed by atoms with Gasteiger partial charge in [0.25, 0.3) is 0 Å². The number of benzene rings is 3. The summed E-state index contributed by atoms with van der Waals surface area (Å²) in [6.07, 6.45) is 1.11. The zero-order valence-electron chi connectivity index (χ0n) is 17.1. The molecule has 0 atom stereocenters. The molecule has 0 aliphatic rings. The van der Waals surface area contributed by atoms with Crippen LogP contribution in [0.3, 0.4) is 0 Å². The zero-order valence-corrected chi connectivity index (χ0v) is 17.1. The second kappa shape index (κ2) is 10.5. The van der Waals surface area contributed by atoms with Gasteiger partial charge < -0.3 is 9.47 Å². The smallest absolute Gasteiger partial charge is 0.200 e. The molecule has 0 heterocycles. The molecule has 5 nitrogen and oxygen atoms in total. The molecule has 0 radical (unpaired) electrons. The van der Waals surface area contributed by atoms with Crippen molar-refractivity contribution in [3.63, 3.8) is 0 Å². The highest BCUT2D eigenvalue weighted by Gasteiger charge is 2.25. The molecule has 33 heavy (non-hydrogen) atoms. The molecule has 0 amide bonds. The highest BCUT2D eigenvalue weighted by molar-refractivity contribution is 5.81. The molecule has 0 fully saturated rings. The number of nitrogens with zero attached hydrogens (tertiary/aromatic N) is 2. The molecule has 0 aliphatic carbocycles. The lowest BCUT2D eigenvalue weighted by atomic mass is 10.1. The fraction of sp³-hybridized carbons (Fsp3) is 0.130. The lowest BCUT2D eigenvalue weighted by Gasteiger charge is -2.13. The van der Waals surface area contributed by atoms with E-state index < -0.39 is 34.8 Å². The molecule has 0 bridgehead atoms. The van der Waals surface area contributed by atoms with Crippen molar-refractivity contribution >= 4 is 11.9 Å². The molecule has 0 spiro atoms. The third-order valence-corrected chi connectivity index (χ3v) is 4.39. The van der Waals surface area contributed by atoms with Crippen molar-refractivity contribution in [2.75, 3.05) is 12.0 Å². The Morgan fingerprint density at radius 3 is 2.24 bits per heavy atom. The van der Waals surface area contributed by atoms with Crippen LogP contribution < -0.4 is 14.9 Å². The van der Waals surface area contributed by atoms with Crippen LogP contribution in [0.4, 0.5) is 27.6 Å². The maximum absolute atomic E-state index is 13.7. The average Bonchev–Trinajstić information content (AvgIpc) is 2.83. The van der Waals surface area contributed by atoms with Gasteiger partial charge in [0.05, 0.1) is 24.5 Å². The molecule has 3 aromatic carbocycles. The summed E-state index contributed by atoms with van der Waals surface area (Å²) in [7, 11) is 0. The number of hydrogen-bond acceptors (Lipinski definition) is 5. The number of anilines is 1. The van der Waals surface area contributed by atoms with Gasteiger partial charge in [0.1, 0.15) is 12.3 Å². The van der Waals surface area contributed by atoms with E-state index in [0.717, 1.165) is 6.21 Å². The van der Waals surface area contributed by atoms with Crippen LogP contribution in [0.15, 0.2) is 47.6 Å². The predicted octanol–water partition coefficient (Wildman–Crippen LogP) is 5.68. The van der Waals surface area contributed by atoms with Gasteiger partial charge in [0.15, 0.2) is 34.8 Å². The number of hydrazone groups is 1. The van der Waals surface area contributed by atoms with Gasteiger partial charge >= 0.3 is 0 Å². The SMILES string of the molecule is CCOc1cc(C=NNc2c(F)c(F)c(F)c(F)c2F)ccc1OCc1ccccc1C#N. The minimum atomic E-state index is -2.26. The monoisotopic (exact) mass is 461 g/mol. The summed E-state index contributed by atoms with van der Waals surface area (Å²) in [5.74, 6) is -9.77. The molecule has 1 N–H and O–H groups in total. The molecule has 3 rings (SSSR count). The van der Waals surface area contributed by atoms with Crippen LogP contribution >= 0.6 is 0 Å². The van der Waals surface area contributed by atoms with Crippen LogP contribution in [0.25, 0.3) is 0 Å². The third kappa shape index (κ3) is 5.20. The molecule has 0 saturated heterocycles. The maximum Gasteiger partial charge on any atom is 0.200 e. The Morgan fingerprint density at radius 1 is 0.909 bits per heavy atom. The lowest BCUT2D eigenvalue weighted by Crippen LogP contribution is -2.06. The summed E-state index contributed by atoms with van der Waals surface area (Å²) >= 11 is 0. The van der Waals surface area contributed by atoms with Crippen molar-refractivity contribution in [2.24, 2.45) is 5.10 Å². The quantitative estimate of drug-likeness (QED) is 0.154. The number of hydrogen-bond donors (Lipinski definition) is 1. The van der Waals surface area contributed by atoms with E-state index in [-0.39, 0.29) is 6.61 Å². The van der Waals surface area contributed by atoms with Crippen LogP contribution in [0.2, 0.25) is 0 Å². The van der Waals surface area contributed by atoms with Gasteiger partial charge in [-0.15, -0.1) is 0 Å². The highest BCUT2D eigenvalue weighted by atomic mass is 19.2. The topological polar surface area (TPSA) is 66.6 Å². The van der Waals surface area contributed by atoms with Crippen LogP contribution in [-0.2, 0) is 6.61 Å². The average molecular weight is 461 g/mol. The second-order valence-electron chi connectivity index (χ2n) is 6.51. The third-order valence-electron chi connectivity index (χ3n) is 4.39. The molecule has 10 heteroatoms. The number of nitrogens with one attached hydrogen (secondary N) is 1. The highest BCUT2D eigenvalue weighted by Crippen LogP contribution is 2.30. The zero-order chi connectivity index (χ0) is 24.0. The first-order chi connectivity index (χ1) is 15.9. The van der Waals surface area contributed by atoms with Crippen molar-refractivity contribution in [3.8, 4) is 17.6 Å². The largest absolute Gasteiger partial charge is 0.490 e. The van der Waals surface area contributed by atoms with Crippen LogP contribution in [-0.4, -0.2) is 12.8 Å². The molecule has 0 unspecified atom stereocenters. The standard InChI is InChI=1S/C23H16F5N3O2/c1-2-32-17-9-13(7-8-16(17)33-12-15-6-4-3-5-14(15)10-29)11-30-31-23-21(27)19(25)18(24)20(26)22(23)28/h3-9,11,31H,2,12H2,1H3. The van der Waals surface area contributed by atoms with E-state index in [4.69, 9.17) is 9.47 Å². The molecule has 0 aromatic heterocycles. The van der Waals surface area contributed by atoms with E-state index in [1.54, 1.807) is 37.3 Å². The minimum absolute atomic E-state index is 0.110.